The molecule has 1 amide bonds. The van der Waals surface area contributed by atoms with Gasteiger partial charge in [-0.2, -0.15) is 5.10 Å². The SMILES string of the molecule is C=CCN(C(=O)COC(=O)C=Cc1c(C)nn(Cc2ccccc2)c1Cl)c1nc(-c2ccccc2)cs1. The predicted octanol–water partition coefficient (Wildman–Crippen LogP) is 5.79. The van der Waals surface area contributed by atoms with E-state index in [1.165, 1.54) is 22.3 Å². The van der Waals surface area contributed by atoms with Crippen molar-refractivity contribution >= 4 is 46.0 Å². The van der Waals surface area contributed by atoms with Crippen molar-refractivity contribution in [3.8, 4) is 11.3 Å². The Morgan fingerprint density at radius 3 is 2.54 bits per heavy atom. The first-order chi connectivity index (χ1) is 18.0. The highest BCUT2D eigenvalue weighted by Crippen LogP contribution is 2.27. The van der Waals surface area contributed by atoms with Gasteiger partial charge in [-0.15, -0.1) is 17.9 Å². The topological polar surface area (TPSA) is 77.3 Å². The molecule has 0 aliphatic carbocycles. The van der Waals surface area contributed by atoms with Crippen LogP contribution in [0.2, 0.25) is 5.15 Å². The average Bonchev–Trinajstić information content (AvgIpc) is 3.50. The lowest BCUT2D eigenvalue weighted by atomic mass is 10.2. The van der Waals surface area contributed by atoms with E-state index in [2.05, 4.69) is 16.7 Å². The summed E-state index contributed by atoms with van der Waals surface area (Å²) in [5.41, 5.74) is 4.07. The second-order valence-corrected chi connectivity index (χ2v) is 9.24. The molecule has 0 unspecified atom stereocenters. The highest BCUT2D eigenvalue weighted by molar-refractivity contribution is 7.14. The van der Waals surface area contributed by atoms with Gasteiger partial charge in [0, 0.05) is 29.1 Å². The molecule has 4 rings (SSSR count). The number of esters is 1. The van der Waals surface area contributed by atoms with Gasteiger partial charge in [0.25, 0.3) is 5.91 Å². The maximum absolute atomic E-state index is 12.9. The lowest BCUT2D eigenvalue weighted by Crippen LogP contribution is -2.34. The molecule has 7 nitrogen and oxygen atoms in total. The third-order valence-electron chi connectivity index (χ3n) is 5.41. The van der Waals surface area contributed by atoms with Gasteiger partial charge in [-0.3, -0.25) is 9.69 Å². The molecule has 9 heteroatoms. The standard InChI is InChI=1S/C28H25ClN4O3S/c1-3-16-32(28-30-24(19-37-28)22-12-8-5-9-13-22)25(34)18-36-26(35)15-14-23-20(2)31-33(27(23)29)17-21-10-6-4-7-11-21/h3-15,19H,1,16-18H2,2H3. The number of aromatic nitrogens is 3. The quantitative estimate of drug-likeness (QED) is 0.147. The normalized spacial score (nSPS) is 11.0. The summed E-state index contributed by atoms with van der Waals surface area (Å²) in [7, 11) is 0. The van der Waals surface area contributed by atoms with Crippen LogP contribution < -0.4 is 4.90 Å². The van der Waals surface area contributed by atoms with E-state index >= 15 is 0 Å². The van der Waals surface area contributed by atoms with Gasteiger partial charge in [-0.1, -0.05) is 78.3 Å². The Morgan fingerprint density at radius 1 is 1.14 bits per heavy atom. The van der Waals surface area contributed by atoms with Gasteiger partial charge >= 0.3 is 5.97 Å². The molecule has 0 fully saturated rings. The number of nitrogens with zero attached hydrogens (tertiary/aromatic N) is 4. The first kappa shape index (κ1) is 26.1. The van der Waals surface area contributed by atoms with Crippen LogP contribution in [0.3, 0.4) is 0 Å². The van der Waals surface area contributed by atoms with Gasteiger partial charge in [0.1, 0.15) is 5.15 Å². The number of hydrogen-bond acceptors (Lipinski definition) is 6. The summed E-state index contributed by atoms with van der Waals surface area (Å²) in [6, 6.07) is 19.5. The summed E-state index contributed by atoms with van der Waals surface area (Å²) in [4.78, 5) is 31.2. The van der Waals surface area contributed by atoms with Crippen LogP contribution in [-0.2, 0) is 20.9 Å². The van der Waals surface area contributed by atoms with Gasteiger partial charge in [-0.05, 0) is 18.6 Å². The van der Waals surface area contributed by atoms with Crippen LogP contribution in [-0.4, -0.2) is 39.8 Å². The maximum atomic E-state index is 12.9. The summed E-state index contributed by atoms with van der Waals surface area (Å²) in [6.07, 6.45) is 4.39. The van der Waals surface area contributed by atoms with Crippen molar-refractivity contribution < 1.29 is 14.3 Å². The second-order valence-electron chi connectivity index (χ2n) is 8.05. The van der Waals surface area contributed by atoms with Crippen molar-refractivity contribution in [1.29, 1.82) is 0 Å². The summed E-state index contributed by atoms with van der Waals surface area (Å²) < 4.78 is 6.88. The second kappa shape index (κ2) is 12.3. The highest BCUT2D eigenvalue weighted by Gasteiger charge is 2.20. The fraction of sp³-hybridized carbons (Fsp3) is 0.143. The Hall–Kier alpha value is -4.01. The lowest BCUT2D eigenvalue weighted by molar-refractivity contribution is -0.142. The van der Waals surface area contributed by atoms with E-state index in [9.17, 15) is 9.59 Å². The van der Waals surface area contributed by atoms with Crippen LogP contribution in [0, 0.1) is 6.92 Å². The van der Waals surface area contributed by atoms with Crippen LogP contribution >= 0.6 is 22.9 Å². The molecule has 0 saturated heterocycles. The van der Waals surface area contributed by atoms with Crippen molar-refractivity contribution in [2.45, 2.75) is 13.5 Å². The number of carbonyl (C=O) groups is 2. The van der Waals surface area contributed by atoms with Crippen molar-refractivity contribution in [2.75, 3.05) is 18.1 Å². The predicted molar refractivity (Wildman–Crippen MR) is 148 cm³/mol. The zero-order valence-corrected chi connectivity index (χ0v) is 21.8. The maximum Gasteiger partial charge on any atom is 0.331 e. The summed E-state index contributed by atoms with van der Waals surface area (Å²) in [6.45, 7) is 5.85. The minimum Gasteiger partial charge on any atom is -0.452 e. The molecule has 188 valence electrons. The van der Waals surface area contributed by atoms with E-state index in [-0.39, 0.29) is 6.54 Å². The molecule has 2 aromatic heterocycles. The van der Waals surface area contributed by atoms with E-state index in [4.69, 9.17) is 16.3 Å². The van der Waals surface area contributed by atoms with Crippen molar-refractivity contribution in [3.05, 3.63) is 107 Å². The van der Waals surface area contributed by atoms with Crippen molar-refractivity contribution in [3.63, 3.8) is 0 Å². The van der Waals surface area contributed by atoms with Gasteiger partial charge in [0.05, 0.1) is 17.9 Å². The Kier molecular flexibility index (Phi) is 8.66. The van der Waals surface area contributed by atoms with E-state index in [0.717, 1.165) is 16.8 Å². The first-order valence-electron chi connectivity index (χ1n) is 11.5. The van der Waals surface area contributed by atoms with E-state index in [1.54, 1.807) is 16.8 Å². The fourth-order valence-corrected chi connectivity index (χ4v) is 4.73. The summed E-state index contributed by atoms with van der Waals surface area (Å²) >= 11 is 7.84. The molecule has 37 heavy (non-hydrogen) atoms. The third kappa shape index (κ3) is 6.61. The van der Waals surface area contributed by atoms with E-state index < -0.39 is 18.5 Å². The molecule has 2 aromatic carbocycles. The molecule has 0 radical (unpaired) electrons. The van der Waals surface area contributed by atoms with Gasteiger partial charge in [0.15, 0.2) is 11.7 Å². The first-order valence-corrected chi connectivity index (χ1v) is 12.8. The zero-order chi connectivity index (χ0) is 26.2. The highest BCUT2D eigenvalue weighted by atomic mass is 35.5. The largest absolute Gasteiger partial charge is 0.452 e. The molecule has 0 aliphatic rings. The van der Waals surface area contributed by atoms with Crippen molar-refractivity contribution in [2.24, 2.45) is 0 Å². The smallest absolute Gasteiger partial charge is 0.331 e. The Balaban J connectivity index is 1.38. The molecule has 0 atom stereocenters. The Morgan fingerprint density at radius 2 is 1.84 bits per heavy atom. The van der Waals surface area contributed by atoms with E-state index in [1.807, 2.05) is 73.0 Å². The van der Waals surface area contributed by atoms with Crippen LogP contribution in [0.1, 0.15) is 16.8 Å². The minimum absolute atomic E-state index is 0.239. The monoisotopic (exact) mass is 532 g/mol. The molecule has 0 N–H and O–H groups in total. The number of ether oxygens (including phenoxy) is 1. The molecular weight excluding hydrogens is 508 g/mol. The van der Waals surface area contributed by atoms with Crippen molar-refractivity contribution in [1.82, 2.24) is 14.8 Å². The Bertz CT molecular complexity index is 1410. The fourth-order valence-electron chi connectivity index (χ4n) is 3.57. The number of halogens is 1. The van der Waals surface area contributed by atoms with Crippen LogP contribution in [0.5, 0.6) is 0 Å². The lowest BCUT2D eigenvalue weighted by Gasteiger charge is -2.17. The van der Waals surface area contributed by atoms with Crippen LogP contribution in [0.25, 0.3) is 17.3 Å². The van der Waals surface area contributed by atoms with Crippen LogP contribution in [0.15, 0.2) is 84.8 Å². The average molecular weight is 533 g/mol. The molecule has 0 bridgehead atoms. The molecular formula is C28H25ClN4O3S. The van der Waals surface area contributed by atoms with E-state index in [0.29, 0.717) is 28.1 Å². The number of amides is 1. The van der Waals surface area contributed by atoms with Gasteiger partial charge < -0.3 is 4.74 Å². The number of rotatable bonds is 10. The third-order valence-corrected chi connectivity index (χ3v) is 6.68. The summed E-state index contributed by atoms with van der Waals surface area (Å²) in [5.74, 6) is -1.07. The number of thiazole rings is 1. The molecule has 4 aromatic rings. The van der Waals surface area contributed by atoms with Gasteiger partial charge in [0.2, 0.25) is 0 Å². The molecule has 2 heterocycles. The number of anilines is 1. The Labute approximate surface area is 224 Å². The summed E-state index contributed by atoms with van der Waals surface area (Å²) in [5, 5.41) is 7.26. The minimum atomic E-state index is -0.665. The molecule has 0 saturated carbocycles. The molecule has 0 spiro atoms. The van der Waals surface area contributed by atoms with Crippen LogP contribution in [0.4, 0.5) is 5.13 Å². The number of benzene rings is 2. The number of hydrogen-bond donors (Lipinski definition) is 0. The zero-order valence-electron chi connectivity index (χ0n) is 20.2. The van der Waals surface area contributed by atoms with Gasteiger partial charge in [-0.25, -0.2) is 14.5 Å². The molecule has 0 aliphatic heterocycles. The number of carbonyl (C=O) groups excluding carboxylic acids is 2. The number of aryl methyl sites for hydroxylation is 1.